The van der Waals surface area contributed by atoms with Crippen molar-refractivity contribution in [3.8, 4) is 0 Å². The van der Waals surface area contributed by atoms with Crippen LogP contribution >= 0.6 is 0 Å². The second-order valence-electron chi connectivity index (χ2n) is 5.09. The maximum atomic E-state index is 11.8. The normalized spacial score (nSPS) is 18.6. The molecule has 1 saturated heterocycles. The molecule has 0 bridgehead atoms. The fourth-order valence-electron chi connectivity index (χ4n) is 2.27. The molecule has 1 unspecified atom stereocenters. The number of ether oxygens (including phenoxy) is 1. The molecule has 1 rings (SSSR count). The summed E-state index contributed by atoms with van der Waals surface area (Å²) in [4.78, 5) is 25.2. The van der Waals surface area contributed by atoms with Crippen LogP contribution in [0.15, 0.2) is 0 Å². The molecule has 2 amide bonds. The molecule has 0 spiro atoms. The predicted molar refractivity (Wildman–Crippen MR) is 76.1 cm³/mol. The number of rotatable bonds is 7. The highest BCUT2D eigenvalue weighted by Gasteiger charge is 2.22. The summed E-state index contributed by atoms with van der Waals surface area (Å²) in [5, 5.41) is 5.62. The van der Waals surface area contributed by atoms with Gasteiger partial charge in [0.25, 0.3) is 0 Å². The zero-order chi connectivity index (χ0) is 15.0. The van der Waals surface area contributed by atoms with Crippen LogP contribution in [-0.2, 0) is 14.3 Å². The van der Waals surface area contributed by atoms with Crippen LogP contribution < -0.4 is 16.4 Å². The third-order valence-electron chi connectivity index (χ3n) is 3.61. The van der Waals surface area contributed by atoms with E-state index in [1.165, 1.54) is 0 Å². The van der Waals surface area contributed by atoms with Gasteiger partial charge in [-0.2, -0.15) is 0 Å². The van der Waals surface area contributed by atoms with E-state index < -0.39 is 0 Å². The summed E-state index contributed by atoms with van der Waals surface area (Å²) in [7, 11) is 3.20. The third-order valence-corrected chi connectivity index (χ3v) is 3.61. The first-order valence-corrected chi connectivity index (χ1v) is 7.04. The van der Waals surface area contributed by atoms with Crippen molar-refractivity contribution in [2.24, 2.45) is 5.73 Å². The molecule has 1 heterocycles. The van der Waals surface area contributed by atoms with Gasteiger partial charge in [-0.3, -0.25) is 14.5 Å². The molecule has 0 aromatic rings. The SMILES string of the molecule is CNC(=O)CN1CCC(NC(=O)CC(CN)OC)CC1. The largest absolute Gasteiger partial charge is 0.380 e. The maximum Gasteiger partial charge on any atom is 0.233 e. The van der Waals surface area contributed by atoms with E-state index in [0.717, 1.165) is 25.9 Å². The van der Waals surface area contributed by atoms with Crippen molar-refractivity contribution in [2.75, 3.05) is 40.3 Å². The number of methoxy groups -OCH3 is 1. The third kappa shape index (κ3) is 5.85. The number of likely N-dealkylation sites (tertiary alicyclic amines) is 1. The van der Waals surface area contributed by atoms with Gasteiger partial charge in [0.15, 0.2) is 0 Å². The Labute approximate surface area is 120 Å². The second-order valence-corrected chi connectivity index (χ2v) is 5.09. The van der Waals surface area contributed by atoms with E-state index in [9.17, 15) is 9.59 Å². The number of likely N-dealkylation sites (N-methyl/N-ethyl adjacent to an activating group) is 1. The first-order valence-electron chi connectivity index (χ1n) is 7.04. The summed E-state index contributed by atoms with van der Waals surface area (Å²) < 4.78 is 5.09. The number of nitrogens with one attached hydrogen (secondary N) is 2. The van der Waals surface area contributed by atoms with Gasteiger partial charge < -0.3 is 21.1 Å². The lowest BCUT2D eigenvalue weighted by Gasteiger charge is -2.32. The molecular formula is C13H26N4O3. The first kappa shape index (κ1) is 16.9. The lowest BCUT2D eigenvalue weighted by Crippen LogP contribution is -2.47. The number of piperidine rings is 1. The van der Waals surface area contributed by atoms with Crippen LogP contribution in [0.25, 0.3) is 0 Å². The number of hydrogen-bond donors (Lipinski definition) is 3. The fourth-order valence-corrected chi connectivity index (χ4v) is 2.27. The van der Waals surface area contributed by atoms with Crippen molar-refractivity contribution in [3.63, 3.8) is 0 Å². The number of carbonyl (C=O) groups excluding carboxylic acids is 2. The van der Waals surface area contributed by atoms with Crippen LogP contribution in [0.4, 0.5) is 0 Å². The molecule has 0 saturated carbocycles. The van der Waals surface area contributed by atoms with Crippen LogP contribution in [0.1, 0.15) is 19.3 Å². The highest BCUT2D eigenvalue weighted by Crippen LogP contribution is 2.10. The molecule has 0 radical (unpaired) electrons. The minimum Gasteiger partial charge on any atom is -0.380 e. The van der Waals surface area contributed by atoms with E-state index in [-0.39, 0.29) is 24.0 Å². The molecule has 1 aliphatic heterocycles. The van der Waals surface area contributed by atoms with Gasteiger partial charge in [-0.15, -0.1) is 0 Å². The molecule has 7 nitrogen and oxygen atoms in total. The topological polar surface area (TPSA) is 96.7 Å². The molecule has 0 aromatic heterocycles. The summed E-state index contributed by atoms with van der Waals surface area (Å²) >= 11 is 0. The van der Waals surface area contributed by atoms with Crippen molar-refractivity contribution in [1.82, 2.24) is 15.5 Å². The van der Waals surface area contributed by atoms with Gasteiger partial charge in [-0.05, 0) is 12.8 Å². The first-order chi connectivity index (χ1) is 9.58. The van der Waals surface area contributed by atoms with Crippen LogP contribution in [0.2, 0.25) is 0 Å². The van der Waals surface area contributed by atoms with Gasteiger partial charge in [0.2, 0.25) is 11.8 Å². The lowest BCUT2D eigenvalue weighted by molar-refractivity contribution is -0.125. The summed E-state index contributed by atoms with van der Waals surface area (Å²) in [6.07, 6.45) is 1.81. The van der Waals surface area contributed by atoms with E-state index in [2.05, 4.69) is 15.5 Å². The minimum atomic E-state index is -0.219. The average molecular weight is 286 g/mol. The Morgan fingerprint density at radius 3 is 2.50 bits per heavy atom. The summed E-state index contributed by atoms with van der Waals surface area (Å²) in [6, 6.07) is 0.179. The Balaban J connectivity index is 2.25. The van der Waals surface area contributed by atoms with Gasteiger partial charge in [0.05, 0.1) is 19.1 Å². The molecule has 1 fully saturated rings. The quantitative estimate of drug-likeness (QED) is 0.539. The summed E-state index contributed by atoms with van der Waals surface area (Å²) in [5.41, 5.74) is 5.49. The molecule has 1 atom stereocenters. The van der Waals surface area contributed by atoms with Crippen LogP contribution in [0.3, 0.4) is 0 Å². The monoisotopic (exact) mass is 286 g/mol. The second kappa shape index (κ2) is 8.89. The molecule has 116 valence electrons. The molecule has 1 aliphatic rings. The van der Waals surface area contributed by atoms with Gasteiger partial charge >= 0.3 is 0 Å². The Morgan fingerprint density at radius 2 is 2.00 bits per heavy atom. The van der Waals surface area contributed by atoms with Gasteiger partial charge in [0.1, 0.15) is 0 Å². The Hall–Kier alpha value is -1.18. The number of carbonyl (C=O) groups is 2. The van der Waals surface area contributed by atoms with E-state index in [0.29, 0.717) is 19.5 Å². The van der Waals surface area contributed by atoms with Gasteiger partial charge in [-0.1, -0.05) is 0 Å². The van der Waals surface area contributed by atoms with Crippen molar-refractivity contribution in [1.29, 1.82) is 0 Å². The molecular weight excluding hydrogens is 260 g/mol. The van der Waals surface area contributed by atoms with E-state index >= 15 is 0 Å². The summed E-state index contributed by atoms with van der Waals surface area (Å²) in [5.74, 6) is 0.00502. The van der Waals surface area contributed by atoms with Crippen LogP contribution in [0, 0.1) is 0 Å². The molecule has 7 heteroatoms. The highest BCUT2D eigenvalue weighted by atomic mass is 16.5. The van der Waals surface area contributed by atoms with Gasteiger partial charge in [-0.25, -0.2) is 0 Å². The number of nitrogens with two attached hydrogens (primary N) is 1. The smallest absolute Gasteiger partial charge is 0.233 e. The average Bonchev–Trinajstić information content (AvgIpc) is 2.46. The number of hydrogen-bond acceptors (Lipinski definition) is 5. The van der Waals surface area contributed by atoms with Crippen LogP contribution in [0.5, 0.6) is 0 Å². The number of amides is 2. The molecule has 20 heavy (non-hydrogen) atoms. The molecule has 0 aromatic carbocycles. The molecule has 0 aliphatic carbocycles. The highest BCUT2D eigenvalue weighted by molar-refractivity contribution is 5.78. The van der Waals surface area contributed by atoms with Crippen molar-refractivity contribution < 1.29 is 14.3 Å². The lowest BCUT2D eigenvalue weighted by atomic mass is 10.0. The zero-order valence-electron chi connectivity index (χ0n) is 12.4. The molecule has 4 N–H and O–H groups in total. The van der Waals surface area contributed by atoms with Crippen molar-refractivity contribution in [2.45, 2.75) is 31.4 Å². The zero-order valence-corrected chi connectivity index (χ0v) is 12.4. The number of nitrogens with zero attached hydrogens (tertiary/aromatic N) is 1. The summed E-state index contributed by atoms with van der Waals surface area (Å²) in [6.45, 7) is 2.41. The van der Waals surface area contributed by atoms with Gasteiger partial charge in [0, 0.05) is 39.8 Å². The van der Waals surface area contributed by atoms with Crippen molar-refractivity contribution in [3.05, 3.63) is 0 Å². The maximum absolute atomic E-state index is 11.8. The van der Waals surface area contributed by atoms with Crippen LogP contribution in [-0.4, -0.2) is 69.2 Å². The standard InChI is InChI=1S/C13H26N4O3/c1-15-13(19)9-17-5-3-10(4-6-17)16-12(18)7-11(8-14)20-2/h10-11H,3-9,14H2,1-2H3,(H,15,19)(H,16,18). The Bertz CT molecular complexity index is 313. The van der Waals surface area contributed by atoms with E-state index in [4.69, 9.17) is 10.5 Å². The fraction of sp³-hybridized carbons (Fsp3) is 0.846. The predicted octanol–water partition coefficient (Wildman–Crippen LogP) is -1.32. The Kier molecular flexibility index (Phi) is 7.50. The van der Waals surface area contributed by atoms with Crippen molar-refractivity contribution >= 4 is 11.8 Å². The van der Waals surface area contributed by atoms with E-state index in [1.807, 2.05) is 0 Å². The Morgan fingerprint density at radius 1 is 1.35 bits per heavy atom. The minimum absolute atomic E-state index is 0.0212. The van der Waals surface area contributed by atoms with E-state index in [1.54, 1.807) is 14.2 Å².